The molecule has 122 valence electrons. The van der Waals surface area contributed by atoms with Gasteiger partial charge in [0.15, 0.2) is 0 Å². The topological polar surface area (TPSA) is 78.9 Å². The Bertz CT molecular complexity index is 352. The van der Waals surface area contributed by atoms with Crippen molar-refractivity contribution in [1.29, 1.82) is 0 Å². The number of hydrogen-bond donors (Lipinski definition) is 2. The van der Waals surface area contributed by atoms with Crippen LogP contribution >= 0.6 is 0 Å². The molecule has 1 saturated heterocycles. The van der Waals surface area contributed by atoms with Crippen molar-refractivity contribution < 1.29 is 19.4 Å². The van der Waals surface area contributed by atoms with Gasteiger partial charge in [-0.1, -0.05) is 20.3 Å². The minimum absolute atomic E-state index is 0.00398. The average Bonchev–Trinajstić information content (AvgIpc) is 2.47. The molecule has 0 spiro atoms. The summed E-state index contributed by atoms with van der Waals surface area (Å²) in [5, 5.41) is 12.4. The number of nitrogens with zero attached hydrogens (tertiary/aromatic N) is 1. The van der Waals surface area contributed by atoms with Crippen LogP contribution in [0.1, 0.15) is 46.0 Å². The summed E-state index contributed by atoms with van der Waals surface area (Å²) in [6.07, 6.45) is 3.40. The van der Waals surface area contributed by atoms with E-state index in [0.29, 0.717) is 39.0 Å². The minimum Gasteiger partial charge on any atom is -0.481 e. The minimum atomic E-state index is -0.727. The number of ether oxygens (including phenoxy) is 1. The Morgan fingerprint density at radius 2 is 1.95 bits per heavy atom. The van der Waals surface area contributed by atoms with Crippen molar-refractivity contribution in [2.24, 2.45) is 5.41 Å². The normalized spacial score (nSPS) is 19.1. The molecule has 21 heavy (non-hydrogen) atoms. The number of methoxy groups -OCH3 is 1. The molecule has 0 saturated carbocycles. The van der Waals surface area contributed by atoms with Gasteiger partial charge in [0, 0.05) is 20.2 Å². The van der Waals surface area contributed by atoms with Crippen LogP contribution in [0.5, 0.6) is 0 Å². The molecule has 0 aromatic carbocycles. The summed E-state index contributed by atoms with van der Waals surface area (Å²) in [5.74, 6) is -0.727. The van der Waals surface area contributed by atoms with E-state index in [1.807, 2.05) is 13.8 Å². The first-order chi connectivity index (χ1) is 9.99. The Labute approximate surface area is 126 Å². The van der Waals surface area contributed by atoms with Gasteiger partial charge in [-0.15, -0.1) is 0 Å². The smallest absolute Gasteiger partial charge is 0.317 e. The molecule has 0 aliphatic carbocycles. The molecule has 0 bridgehead atoms. The van der Waals surface area contributed by atoms with Crippen molar-refractivity contribution in [1.82, 2.24) is 10.2 Å². The van der Waals surface area contributed by atoms with Crippen molar-refractivity contribution in [2.75, 3.05) is 26.8 Å². The van der Waals surface area contributed by atoms with Gasteiger partial charge in [0.2, 0.25) is 0 Å². The summed E-state index contributed by atoms with van der Waals surface area (Å²) in [6, 6.07) is -0.112. The second kappa shape index (κ2) is 8.22. The third-order valence-electron chi connectivity index (χ3n) is 4.38. The molecule has 1 heterocycles. The highest BCUT2D eigenvalue weighted by molar-refractivity contribution is 5.77. The first-order valence-electron chi connectivity index (χ1n) is 7.76. The van der Waals surface area contributed by atoms with Crippen molar-refractivity contribution in [2.45, 2.75) is 52.0 Å². The highest BCUT2D eigenvalue weighted by Gasteiger charge is 2.41. The van der Waals surface area contributed by atoms with E-state index in [1.165, 1.54) is 0 Å². The van der Waals surface area contributed by atoms with Crippen LogP contribution in [0.25, 0.3) is 0 Å². The van der Waals surface area contributed by atoms with E-state index < -0.39 is 11.4 Å². The standard InChI is InChI=1S/C15H28N2O4/c1-4-6-15(13(18)19)7-9-17(10-8-15)14(20)16-12(5-2)11-21-3/h12H,4-11H2,1-3H3,(H,16,20)(H,18,19). The van der Waals surface area contributed by atoms with Crippen molar-refractivity contribution in [3.63, 3.8) is 0 Å². The van der Waals surface area contributed by atoms with Gasteiger partial charge in [0.1, 0.15) is 0 Å². The fourth-order valence-corrected chi connectivity index (χ4v) is 2.92. The number of carbonyl (C=O) groups excluding carboxylic acids is 1. The maximum absolute atomic E-state index is 12.2. The van der Waals surface area contributed by atoms with Crippen LogP contribution in [0.2, 0.25) is 0 Å². The Kier molecular flexibility index (Phi) is 6.95. The maximum Gasteiger partial charge on any atom is 0.317 e. The number of amides is 2. The second-order valence-electron chi connectivity index (χ2n) is 5.83. The molecule has 1 rings (SSSR count). The van der Waals surface area contributed by atoms with Crippen molar-refractivity contribution in [3.05, 3.63) is 0 Å². The van der Waals surface area contributed by atoms with Crippen LogP contribution in [-0.4, -0.2) is 54.9 Å². The number of carbonyl (C=O) groups is 2. The van der Waals surface area contributed by atoms with Gasteiger partial charge in [-0.2, -0.15) is 0 Å². The molecule has 0 aromatic heterocycles. The second-order valence-corrected chi connectivity index (χ2v) is 5.83. The summed E-state index contributed by atoms with van der Waals surface area (Å²) in [5.41, 5.74) is -0.651. The van der Waals surface area contributed by atoms with Crippen molar-refractivity contribution >= 4 is 12.0 Å². The Balaban J connectivity index is 2.55. The molecule has 1 atom stereocenters. The predicted octanol–water partition coefficient (Wildman–Crippen LogP) is 2.09. The monoisotopic (exact) mass is 300 g/mol. The fourth-order valence-electron chi connectivity index (χ4n) is 2.92. The Morgan fingerprint density at radius 3 is 2.38 bits per heavy atom. The van der Waals surface area contributed by atoms with E-state index in [-0.39, 0.29) is 12.1 Å². The zero-order valence-corrected chi connectivity index (χ0v) is 13.4. The molecule has 0 radical (unpaired) electrons. The molecule has 6 heteroatoms. The number of hydrogen-bond acceptors (Lipinski definition) is 3. The molecule has 2 N–H and O–H groups in total. The molecular formula is C15H28N2O4. The number of nitrogens with one attached hydrogen (secondary N) is 1. The SMILES string of the molecule is CCCC1(C(=O)O)CCN(C(=O)NC(CC)COC)CC1. The largest absolute Gasteiger partial charge is 0.481 e. The number of carboxylic acid groups (broad SMARTS) is 1. The highest BCUT2D eigenvalue weighted by Crippen LogP contribution is 2.36. The van der Waals surface area contributed by atoms with Crippen LogP contribution in [0.15, 0.2) is 0 Å². The van der Waals surface area contributed by atoms with E-state index in [9.17, 15) is 14.7 Å². The number of likely N-dealkylation sites (tertiary alicyclic amines) is 1. The zero-order chi connectivity index (χ0) is 15.9. The first kappa shape index (κ1) is 17.8. The molecule has 1 fully saturated rings. The number of urea groups is 1. The molecule has 1 aliphatic heterocycles. The van der Waals surface area contributed by atoms with Crippen LogP contribution in [-0.2, 0) is 9.53 Å². The molecule has 6 nitrogen and oxygen atoms in total. The number of piperidine rings is 1. The van der Waals surface area contributed by atoms with E-state index >= 15 is 0 Å². The summed E-state index contributed by atoms with van der Waals surface area (Å²) < 4.78 is 5.07. The lowest BCUT2D eigenvalue weighted by Crippen LogP contribution is -2.52. The zero-order valence-electron chi connectivity index (χ0n) is 13.4. The molecule has 2 amide bonds. The van der Waals surface area contributed by atoms with Gasteiger partial charge in [-0.3, -0.25) is 4.79 Å². The van der Waals surface area contributed by atoms with Crippen LogP contribution in [0.3, 0.4) is 0 Å². The Morgan fingerprint density at radius 1 is 1.33 bits per heavy atom. The lowest BCUT2D eigenvalue weighted by Gasteiger charge is -2.39. The third kappa shape index (κ3) is 4.59. The predicted molar refractivity (Wildman–Crippen MR) is 80.3 cm³/mol. The van der Waals surface area contributed by atoms with E-state index in [1.54, 1.807) is 12.0 Å². The first-order valence-corrected chi connectivity index (χ1v) is 7.76. The van der Waals surface area contributed by atoms with Gasteiger partial charge >= 0.3 is 12.0 Å². The van der Waals surface area contributed by atoms with Gasteiger partial charge in [-0.05, 0) is 25.7 Å². The number of rotatable bonds is 7. The van der Waals surface area contributed by atoms with E-state index in [2.05, 4.69) is 5.32 Å². The van der Waals surface area contributed by atoms with Gasteiger partial charge in [0.05, 0.1) is 18.1 Å². The quantitative estimate of drug-likeness (QED) is 0.754. The summed E-state index contributed by atoms with van der Waals surface area (Å²) in [6.45, 7) is 5.49. The fraction of sp³-hybridized carbons (Fsp3) is 0.867. The number of aliphatic carboxylic acids is 1. The summed E-state index contributed by atoms with van der Waals surface area (Å²) in [7, 11) is 1.61. The summed E-state index contributed by atoms with van der Waals surface area (Å²) >= 11 is 0. The van der Waals surface area contributed by atoms with Crippen molar-refractivity contribution in [3.8, 4) is 0 Å². The lowest BCUT2D eigenvalue weighted by atomic mass is 9.75. The highest BCUT2D eigenvalue weighted by atomic mass is 16.5. The van der Waals surface area contributed by atoms with Gasteiger partial charge in [-0.25, -0.2) is 4.79 Å². The molecule has 1 aliphatic rings. The van der Waals surface area contributed by atoms with Gasteiger partial charge in [0.25, 0.3) is 0 Å². The third-order valence-corrected chi connectivity index (χ3v) is 4.38. The molecule has 0 aromatic rings. The number of carboxylic acids is 1. The van der Waals surface area contributed by atoms with Gasteiger partial charge < -0.3 is 20.1 Å². The Hall–Kier alpha value is -1.30. The maximum atomic E-state index is 12.2. The van der Waals surface area contributed by atoms with E-state index in [0.717, 1.165) is 12.8 Å². The van der Waals surface area contributed by atoms with Crippen LogP contribution in [0, 0.1) is 5.41 Å². The molecular weight excluding hydrogens is 272 g/mol. The lowest BCUT2D eigenvalue weighted by molar-refractivity contribution is -0.152. The molecule has 1 unspecified atom stereocenters. The summed E-state index contributed by atoms with van der Waals surface area (Å²) in [4.78, 5) is 25.4. The average molecular weight is 300 g/mol. The van der Waals surface area contributed by atoms with Crippen LogP contribution < -0.4 is 5.32 Å². The van der Waals surface area contributed by atoms with E-state index in [4.69, 9.17) is 4.74 Å². The van der Waals surface area contributed by atoms with Crippen LogP contribution in [0.4, 0.5) is 4.79 Å².